The van der Waals surface area contributed by atoms with Gasteiger partial charge in [0.1, 0.15) is 11.2 Å². The first-order valence-electron chi connectivity index (χ1n) is 8.49. The number of pyridine rings is 2. The molecule has 1 N–H and O–H groups in total. The zero-order chi connectivity index (χ0) is 20.3. The fourth-order valence-corrected chi connectivity index (χ4v) is 2.67. The van der Waals surface area contributed by atoms with Gasteiger partial charge in [-0.05, 0) is 43.7 Å². The summed E-state index contributed by atoms with van der Waals surface area (Å²) in [7, 11) is 0. The van der Waals surface area contributed by atoms with Gasteiger partial charge in [0.05, 0.1) is 16.5 Å². The van der Waals surface area contributed by atoms with Gasteiger partial charge in [0.15, 0.2) is 0 Å². The van der Waals surface area contributed by atoms with Gasteiger partial charge in [-0.2, -0.15) is 5.10 Å². The minimum Gasteiger partial charge on any atom is -0.332 e. The fraction of sp³-hybridized carbons (Fsp3) is 0.158. The van der Waals surface area contributed by atoms with Crippen LogP contribution in [0.4, 0.5) is 5.69 Å². The molecule has 0 aliphatic carbocycles. The number of amides is 1. The second-order valence-corrected chi connectivity index (χ2v) is 6.03. The highest BCUT2D eigenvalue weighted by molar-refractivity contribution is 5.97. The molecule has 9 heteroatoms. The van der Waals surface area contributed by atoms with Crippen molar-refractivity contribution in [1.82, 2.24) is 15.0 Å². The Bertz CT molecular complexity index is 1150. The van der Waals surface area contributed by atoms with E-state index in [1.54, 1.807) is 16.7 Å². The minimum absolute atomic E-state index is 0.0405. The molecule has 0 spiro atoms. The first-order valence-corrected chi connectivity index (χ1v) is 8.49. The smallest absolute Gasteiger partial charge is 0.276 e. The van der Waals surface area contributed by atoms with Gasteiger partial charge in [0.25, 0.3) is 11.6 Å². The molecule has 0 saturated carbocycles. The SMILES string of the molecule is CCn1cc(C(=O)N/N=C/c2ccc([N+](=O)[O-])cc2)c(=O)c2ccc(C)nc21. The number of nitrogens with zero attached hydrogens (tertiary/aromatic N) is 4. The Morgan fingerprint density at radius 1 is 1.29 bits per heavy atom. The predicted molar refractivity (Wildman–Crippen MR) is 105 cm³/mol. The molecule has 9 nitrogen and oxygen atoms in total. The highest BCUT2D eigenvalue weighted by atomic mass is 16.6. The van der Waals surface area contributed by atoms with Gasteiger partial charge in [-0.15, -0.1) is 0 Å². The third-order valence-corrected chi connectivity index (χ3v) is 4.13. The Balaban J connectivity index is 1.85. The highest BCUT2D eigenvalue weighted by Gasteiger charge is 2.15. The topological polar surface area (TPSA) is 119 Å². The normalized spacial score (nSPS) is 11.1. The van der Waals surface area contributed by atoms with Crippen LogP contribution in [0.25, 0.3) is 11.0 Å². The number of fused-ring (bicyclic) bond motifs is 1. The molecule has 0 aliphatic heterocycles. The highest BCUT2D eigenvalue weighted by Crippen LogP contribution is 2.12. The molecular formula is C19H17N5O4. The molecule has 0 bridgehead atoms. The van der Waals surface area contributed by atoms with Crippen molar-refractivity contribution < 1.29 is 9.72 Å². The molecule has 0 aliphatic rings. The maximum Gasteiger partial charge on any atom is 0.276 e. The lowest BCUT2D eigenvalue weighted by molar-refractivity contribution is -0.384. The number of rotatable bonds is 5. The first-order chi connectivity index (χ1) is 13.4. The van der Waals surface area contributed by atoms with Gasteiger partial charge in [-0.25, -0.2) is 10.4 Å². The van der Waals surface area contributed by atoms with Crippen LogP contribution in [0.15, 0.2) is 52.5 Å². The summed E-state index contributed by atoms with van der Waals surface area (Å²) in [6, 6.07) is 9.05. The number of hydrazone groups is 1. The van der Waals surface area contributed by atoms with Crippen LogP contribution in [0.3, 0.4) is 0 Å². The zero-order valence-corrected chi connectivity index (χ0v) is 15.2. The van der Waals surface area contributed by atoms with Gasteiger partial charge in [-0.1, -0.05) is 0 Å². The Hall–Kier alpha value is -3.88. The fourth-order valence-electron chi connectivity index (χ4n) is 2.67. The Labute approximate surface area is 159 Å². The maximum atomic E-state index is 12.7. The third kappa shape index (κ3) is 3.78. The Kier molecular flexibility index (Phi) is 5.25. The molecule has 0 radical (unpaired) electrons. The molecule has 0 saturated heterocycles. The number of nitrogens with one attached hydrogen (secondary N) is 1. The summed E-state index contributed by atoms with van der Waals surface area (Å²) in [4.78, 5) is 39.6. The summed E-state index contributed by atoms with van der Waals surface area (Å²) in [5.41, 5.74) is 3.68. The summed E-state index contributed by atoms with van der Waals surface area (Å²) in [6.45, 7) is 4.26. The number of benzene rings is 1. The van der Waals surface area contributed by atoms with E-state index >= 15 is 0 Å². The molecule has 142 valence electrons. The molecule has 0 atom stereocenters. The molecule has 1 aromatic carbocycles. The van der Waals surface area contributed by atoms with E-state index in [2.05, 4.69) is 15.5 Å². The largest absolute Gasteiger partial charge is 0.332 e. The number of hydrogen-bond donors (Lipinski definition) is 1. The van der Waals surface area contributed by atoms with Crippen molar-refractivity contribution in [3.05, 3.63) is 79.8 Å². The number of nitro benzene ring substituents is 1. The van der Waals surface area contributed by atoms with Crippen molar-refractivity contribution >= 4 is 28.8 Å². The van der Waals surface area contributed by atoms with Gasteiger partial charge in [-0.3, -0.25) is 19.7 Å². The average molecular weight is 379 g/mol. The van der Waals surface area contributed by atoms with Crippen molar-refractivity contribution in [2.45, 2.75) is 20.4 Å². The van der Waals surface area contributed by atoms with Gasteiger partial charge in [0, 0.05) is 30.6 Å². The second-order valence-electron chi connectivity index (χ2n) is 6.03. The van der Waals surface area contributed by atoms with Crippen molar-refractivity contribution in [3.63, 3.8) is 0 Å². The molecule has 2 aromatic heterocycles. The van der Waals surface area contributed by atoms with Crippen LogP contribution >= 0.6 is 0 Å². The summed E-state index contributed by atoms with van der Waals surface area (Å²) in [5, 5.41) is 14.8. The molecule has 0 fully saturated rings. The van der Waals surface area contributed by atoms with Crippen LogP contribution in [0, 0.1) is 17.0 Å². The molecule has 1 amide bonds. The molecule has 3 aromatic rings. The zero-order valence-electron chi connectivity index (χ0n) is 15.2. The maximum absolute atomic E-state index is 12.7. The number of aromatic nitrogens is 2. The number of hydrogen-bond acceptors (Lipinski definition) is 6. The second kappa shape index (κ2) is 7.78. The lowest BCUT2D eigenvalue weighted by Crippen LogP contribution is -2.27. The van der Waals surface area contributed by atoms with Crippen LogP contribution < -0.4 is 10.9 Å². The van der Waals surface area contributed by atoms with E-state index < -0.39 is 16.3 Å². The third-order valence-electron chi connectivity index (χ3n) is 4.13. The monoisotopic (exact) mass is 379 g/mol. The number of carbonyl (C=O) groups excluding carboxylic acids is 1. The number of carbonyl (C=O) groups is 1. The lowest BCUT2D eigenvalue weighted by atomic mass is 10.1. The van der Waals surface area contributed by atoms with E-state index in [-0.39, 0.29) is 11.3 Å². The molecule has 2 heterocycles. The summed E-state index contributed by atoms with van der Waals surface area (Å²) < 4.78 is 1.73. The van der Waals surface area contributed by atoms with Crippen LogP contribution in [-0.4, -0.2) is 26.6 Å². The van der Waals surface area contributed by atoms with Gasteiger partial charge in [0.2, 0.25) is 5.43 Å². The summed E-state index contributed by atoms with van der Waals surface area (Å²) in [5.74, 6) is -0.646. The van der Waals surface area contributed by atoms with Gasteiger partial charge >= 0.3 is 0 Å². The van der Waals surface area contributed by atoms with Crippen molar-refractivity contribution in [2.75, 3.05) is 0 Å². The summed E-state index contributed by atoms with van der Waals surface area (Å²) in [6.07, 6.45) is 2.81. The van der Waals surface area contributed by atoms with Crippen LogP contribution in [0.2, 0.25) is 0 Å². The Morgan fingerprint density at radius 3 is 2.64 bits per heavy atom. The number of nitro groups is 1. The average Bonchev–Trinajstić information content (AvgIpc) is 2.68. The molecule has 3 rings (SSSR count). The standard InChI is InChI=1S/C19H17N5O4/c1-3-23-11-16(17(25)15-9-4-12(2)21-18(15)23)19(26)22-20-10-13-5-7-14(8-6-13)24(27)28/h4-11H,3H2,1-2H3,(H,22,26)/b20-10+. The van der Waals surface area contributed by atoms with Crippen molar-refractivity contribution in [2.24, 2.45) is 5.10 Å². The van der Waals surface area contributed by atoms with Crippen LogP contribution in [-0.2, 0) is 6.54 Å². The lowest BCUT2D eigenvalue weighted by Gasteiger charge is -2.10. The first kappa shape index (κ1) is 18.9. The summed E-state index contributed by atoms with van der Waals surface area (Å²) >= 11 is 0. The molecule has 0 unspecified atom stereocenters. The van der Waals surface area contributed by atoms with E-state index in [0.29, 0.717) is 23.1 Å². The van der Waals surface area contributed by atoms with E-state index in [0.717, 1.165) is 5.69 Å². The molecular weight excluding hydrogens is 362 g/mol. The van der Waals surface area contributed by atoms with E-state index in [4.69, 9.17) is 0 Å². The minimum atomic E-state index is -0.646. The predicted octanol–water partition coefficient (Wildman–Crippen LogP) is 2.40. The van der Waals surface area contributed by atoms with E-state index in [1.807, 2.05) is 13.8 Å². The quantitative estimate of drug-likeness (QED) is 0.415. The van der Waals surface area contributed by atoms with E-state index in [1.165, 1.54) is 36.7 Å². The van der Waals surface area contributed by atoms with Crippen LogP contribution in [0.1, 0.15) is 28.5 Å². The van der Waals surface area contributed by atoms with Crippen molar-refractivity contribution in [3.8, 4) is 0 Å². The number of aryl methyl sites for hydroxylation is 2. The van der Waals surface area contributed by atoms with Crippen LogP contribution in [0.5, 0.6) is 0 Å². The van der Waals surface area contributed by atoms with E-state index in [9.17, 15) is 19.7 Å². The van der Waals surface area contributed by atoms with Gasteiger partial charge < -0.3 is 4.57 Å². The molecule has 28 heavy (non-hydrogen) atoms. The number of non-ortho nitro benzene ring substituents is 1. The Morgan fingerprint density at radius 2 is 2.00 bits per heavy atom. The van der Waals surface area contributed by atoms with Crippen molar-refractivity contribution in [1.29, 1.82) is 0 Å².